The van der Waals surface area contributed by atoms with Crippen molar-refractivity contribution in [2.45, 2.75) is 52.1 Å². The number of hydrogen-bond donors (Lipinski definition) is 1. The van der Waals surface area contributed by atoms with Crippen molar-refractivity contribution >= 4 is 5.71 Å². The molecule has 3 heteroatoms. The summed E-state index contributed by atoms with van der Waals surface area (Å²) in [5.41, 5.74) is 1.70. The van der Waals surface area contributed by atoms with E-state index in [0.29, 0.717) is 17.8 Å². The maximum absolute atomic E-state index is 9.84. The van der Waals surface area contributed by atoms with Gasteiger partial charge in [0.1, 0.15) is 5.75 Å². The summed E-state index contributed by atoms with van der Waals surface area (Å²) in [6, 6.07) is 8.34. The molecule has 0 saturated carbocycles. The minimum atomic E-state index is 0.302. The highest BCUT2D eigenvalue weighted by Crippen LogP contribution is 2.24. The van der Waals surface area contributed by atoms with Crippen LogP contribution in [0, 0.1) is 0 Å². The summed E-state index contributed by atoms with van der Waals surface area (Å²) < 4.78 is 0. The third kappa shape index (κ3) is 2.66. The molecule has 0 bridgehead atoms. The molecule has 3 nitrogen and oxygen atoms in total. The molecular weight excluding hydrogens is 224 g/mol. The molecule has 0 unspecified atom stereocenters. The van der Waals surface area contributed by atoms with Crippen LogP contribution in [-0.4, -0.2) is 27.9 Å². The fraction of sp³-hybridized carbons (Fsp3) is 0.533. The summed E-state index contributed by atoms with van der Waals surface area (Å²) in [6.45, 7) is 6.40. The van der Waals surface area contributed by atoms with Gasteiger partial charge in [0.05, 0.1) is 5.71 Å². The lowest BCUT2D eigenvalue weighted by Crippen LogP contribution is -2.40. The number of hydrogen-bond acceptors (Lipinski definition) is 3. The molecule has 0 amide bonds. The summed E-state index contributed by atoms with van der Waals surface area (Å²) in [7, 11) is 0. The fourth-order valence-corrected chi connectivity index (χ4v) is 2.61. The van der Waals surface area contributed by atoms with Crippen molar-refractivity contribution in [2.24, 2.45) is 5.10 Å². The van der Waals surface area contributed by atoms with Crippen LogP contribution in [0.4, 0.5) is 0 Å². The molecule has 98 valence electrons. The molecule has 1 N–H and O–H groups in total. The normalized spacial score (nSPS) is 25.3. The summed E-state index contributed by atoms with van der Waals surface area (Å²) in [4.78, 5) is 0. The zero-order valence-electron chi connectivity index (χ0n) is 11.4. The number of nitrogens with zero attached hydrogens (tertiary/aromatic N) is 2. The molecule has 0 aromatic heterocycles. The molecular formula is C15H22N2O. The second kappa shape index (κ2) is 5.42. The minimum Gasteiger partial charge on any atom is -0.507 e. The molecule has 1 aromatic carbocycles. The van der Waals surface area contributed by atoms with Crippen molar-refractivity contribution in [3.63, 3.8) is 0 Å². The Morgan fingerprint density at radius 1 is 1.22 bits per heavy atom. The average Bonchev–Trinajstić information content (AvgIpc) is 2.34. The van der Waals surface area contributed by atoms with Crippen molar-refractivity contribution in [1.82, 2.24) is 5.01 Å². The number of phenols is 1. The molecule has 1 aromatic rings. The van der Waals surface area contributed by atoms with Crippen molar-refractivity contribution in [3.05, 3.63) is 29.8 Å². The summed E-state index contributed by atoms with van der Waals surface area (Å²) in [5, 5.41) is 16.7. The van der Waals surface area contributed by atoms with E-state index in [2.05, 4.69) is 18.9 Å². The van der Waals surface area contributed by atoms with Gasteiger partial charge < -0.3 is 5.11 Å². The topological polar surface area (TPSA) is 35.8 Å². The summed E-state index contributed by atoms with van der Waals surface area (Å²) in [6.07, 6.45) is 3.67. The first-order chi connectivity index (χ1) is 8.59. The number of phenolic OH excluding ortho intramolecular Hbond substituents is 1. The van der Waals surface area contributed by atoms with Crippen LogP contribution in [0.25, 0.3) is 0 Å². The Hall–Kier alpha value is -1.51. The lowest BCUT2D eigenvalue weighted by Gasteiger charge is -2.37. The van der Waals surface area contributed by atoms with E-state index >= 15 is 0 Å². The molecule has 0 aliphatic carbocycles. The fourth-order valence-electron chi connectivity index (χ4n) is 2.61. The van der Waals surface area contributed by atoms with Gasteiger partial charge in [0.25, 0.3) is 0 Å². The predicted molar refractivity (Wildman–Crippen MR) is 74.9 cm³/mol. The smallest absolute Gasteiger partial charge is 0.124 e. The van der Waals surface area contributed by atoms with Gasteiger partial charge in [0, 0.05) is 17.6 Å². The van der Waals surface area contributed by atoms with Crippen LogP contribution in [0.1, 0.15) is 45.6 Å². The number of piperidine rings is 1. The molecule has 2 rings (SSSR count). The minimum absolute atomic E-state index is 0.302. The van der Waals surface area contributed by atoms with E-state index in [1.807, 2.05) is 25.1 Å². The third-order valence-electron chi connectivity index (χ3n) is 3.71. The highest BCUT2D eigenvalue weighted by molar-refractivity contribution is 6.00. The van der Waals surface area contributed by atoms with Crippen LogP contribution < -0.4 is 0 Å². The molecule has 2 atom stereocenters. The monoisotopic (exact) mass is 246 g/mol. The lowest BCUT2D eigenvalue weighted by molar-refractivity contribution is 0.108. The van der Waals surface area contributed by atoms with E-state index in [0.717, 1.165) is 11.3 Å². The standard InChI is InChI=1S/C15H22N2O/c1-11-7-6-8-12(2)17(11)16-13(3)14-9-4-5-10-15(14)18/h4-5,9-12,18H,6-8H2,1-3H3/b16-13+/t11-,12+. The van der Waals surface area contributed by atoms with Gasteiger partial charge in [-0.25, -0.2) is 0 Å². The van der Waals surface area contributed by atoms with Crippen LogP contribution in [0.2, 0.25) is 0 Å². The maximum Gasteiger partial charge on any atom is 0.124 e. The van der Waals surface area contributed by atoms with E-state index in [9.17, 15) is 5.11 Å². The Balaban J connectivity index is 2.24. The van der Waals surface area contributed by atoms with Gasteiger partial charge in [-0.15, -0.1) is 0 Å². The van der Waals surface area contributed by atoms with Gasteiger partial charge >= 0.3 is 0 Å². The summed E-state index contributed by atoms with van der Waals surface area (Å²) >= 11 is 0. The maximum atomic E-state index is 9.84. The van der Waals surface area contributed by atoms with Crippen molar-refractivity contribution in [2.75, 3.05) is 0 Å². The van der Waals surface area contributed by atoms with E-state index in [1.165, 1.54) is 19.3 Å². The van der Waals surface area contributed by atoms with E-state index in [1.54, 1.807) is 6.07 Å². The highest BCUT2D eigenvalue weighted by Gasteiger charge is 2.23. The number of benzene rings is 1. The molecule has 1 aliphatic rings. The number of hydrazone groups is 1. The quantitative estimate of drug-likeness (QED) is 0.812. The van der Waals surface area contributed by atoms with Crippen LogP contribution in [0.15, 0.2) is 29.4 Å². The predicted octanol–water partition coefficient (Wildman–Crippen LogP) is 3.38. The second-order valence-electron chi connectivity index (χ2n) is 5.21. The van der Waals surface area contributed by atoms with Crippen molar-refractivity contribution < 1.29 is 5.11 Å². The lowest BCUT2D eigenvalue weighted by atomic mass is 10.00. The van der Waals surface area contributed by atoms with Crippen LogP contribution in [-0.2, 0) is 0 Å². The van der Waals surface area contributed by atoms with E-state index in [4.69, 9.17) is 5.10 Å². The summed E-state index contributed by atoms with van der Waals surface area (Å²) in [5.74, 6) is 0.302. The zero-order valence-corrected chi connectivity index (χ0v) is 11.4. The molecule has 0 spiro atoms. The van der Waals surface area contributed by atoms with Crippen molar-refractivity contribution in [1.29, 1.82) is 0 Å². The van der Waals surface area contributed by atoms with Crippen LogP contribution in [0.5, 0.6) is 5.75 Å². The number of para-hydroxylation sites is 1. The first-order valence-electron chi connectivity index (χ1n) is 6.71. The van der Waals surface area contributed by atoms with Gasteiger partial charge in [-0.05, 0) is 52.2 Å². The van der Waals surface area contributed by atoms with Gasteiger partial charge in [-0.2, -0.15) is 5.10 Å². The Labute approximate surface area is 109 Å². The zero-order chi connectivity index (χ0) is 13.1. The second-order valence-corrected chi connectivity index (χ2v) is 5.21. The molecule has 1 aliphatic heterocycles. The van der Waals surface area contributed by atoms with Gasteiger partial charge in [-0.1, -0.05) is 12.1 Å². The largest absolute Gasteiger partial charge is 0.507 e. The van der Waals surface area contributed by atoms with Gasteiger partial charge in [0.15, 0.2) is 0 Å². The first kappa shape index (κ1) is 12.9. The van der Waals surface area contributed by atoms with Gasteiger partial charge in [0.2, 0.25) is 0 Å². The Kier molecular flexibility index (Phi) is 3.90. The average molecular weight is 246 g/mol. The Morgan fingerprint density at radius 3 is 2.44 bits per heavy atom. The molecule has 1 saturated heterocycles. The molecule has 0 radical (unpaired) electrons. The van der Waals surface area contributed by atoms with E-state index < -0.39 is 0 Å². The van der Waals surface area contributed by atoms with Crippen molar-refractivity contribution in [3.8, 4) is 5.75 Å². The number of rotatable bonds is 2. The SMILES string of the molecule is C/C(=N\N1[C@H](C)CCC[C@@H]1C)c1ccccc1O. The third-order valence-corrected chi connectivity index (χ3v) is 3.71. The van der Waals surface area contributed by atoms with Gasteiger partial charge in [-0.3, -0.25) is 5.01 Å². The van der Waals surface area contributed by atoms with Crippen LogP contribution >= 0.6 is 0 Å². The molecule has 1 fully saturated rings. The first-order valence-corrected chi connectivity index (χ1v) is 6.71. The Morgan fingerprint density at radius 2 is 1.83 bits per heavy atom. The number of aromatic hydroxyl groups is 1. The highest BCUT2D eigenvalue weighted by atomic mass is 16.3. The van der Waals surface area contributed by atoms with Crippen LogP contribution in [0.3, 0.4) is 0 Å². The Bertz CT molecular complexity index is 432. The molecule has 1 heterocycles. The molecule has 18 heavy (non-hydrogen) atoms. The van der Waals surface area contributed by atoms with E-state index in [-0.39, 0.29) is 0 Å².